The molecule has 0 heterocycles. The van der Waals surface area contributed by atoms with Gasteiger partial charge in [0.2, 0.25) is 0 Å². The average Bonchev–Trinajstić information content (AvgIpc) is 2.66. The molecule has 0 radical (unpaired) electrons. The molecule has 0 atom stereocenters. The SMILES string of the molecule is Cl.N=C(N)CC1(c2cccc(Br)c2)CCCC1. The van der Waals surface area contributed by atoms with E-state index in [-0.39, 0.29) is 17.8 Å². The van der Waals surface area contributed by atoms with E-state index in [1.165, 1.54) is 18.4 Å². The number of halogens is 2. The van der Waals surface area contributed by atoms with Crippen molar-refractivity contribution in [2.75, 3.05) is 0 Å². The minimum absolute atomic E-state index is 0. The van der Waals surface area contributed by atoms with Crippen molar-refractivity contribution in [3.05, 3.63) is 34.3 Å². The second-order valence-electron chi connectivity index (χ2n) is 4.70. The lowest BCUT2D eigenvalue weighted by atomic mass is 9.76. The summed E-state index contributed by atoms with van der Waals surface area (Å²) >= 11 is 3.51. The zero-order chi connectivity index (χ0) is 11.6. The van der Waals surface area contributed by atoms with Crippen molar-refractivity contribution >= 4 is 34.2 Å². The van der Waals surface area contributed by atoms with Crippen molar-refractivity contribution < 1.29 is 0 Å². The Labute approximate surface area is 117 Å². The molecule has 4 heteroatoms. The lowest BCUT2D eigenvalue weighted by Gasteiger charge is -2.29. The number of nitrogens with two attached hydrogens (primary N) is 1. The van der Waals surface area contributed by atoms with Crippen LogP contribution in [0.15, 0.2) is 28.7 Å². The third kappa shape index (κ3) is 3.23. The molecule has 0 unspecified atom stereocenters. The first-order valence-corrected chi connectivity index (χ1v) is 6.51. The molecule has 0 aromatic heterocycles. The number of rotatable bonds is 3. The maximum absolute atomic E-state index is 7.55. The van der Waals surface area contributed by atoms with Gasteiger partial charge in [-0.05, 0) is 30.5 Å². The van der Waals surface area contributed by atoms with Gasteiger partial charge in [0.25, 0.3) is 0 Å². The summed E-state index contributed by atoms with van der Waals surface area (Å²) in [6.07, 6.45) is 5.51. The highest BCUT2D eigenvalue weighted by Crippen LogP contribution is 2.44. The van der Waals surface area contributed by atoms with E-state index in [0.717, 1.165) is 17.3 Å². The summed E-state index contributed by atoms with van der Waals surface area (Å²) in [4.78, 5) is 0. The van der Waals surface area contributed by atoms with Crippen molar-refractivity contribution in [3.8, 4) is 0 Å². The third-order valence-corrected chi connectivity index (χ3v) is 4.02. The molecular formula is C13H18BrClN2. The van der Waals surface area contributed by atoms with Gasteiger partial charge in [0.05, 0.1) is 5.84 Å². The second kappa shape index (κ2) is 5.87. The van der Waals surface area contributed by atoms with Crippen molar-refractivity contribution in [2.24, 2.45) is 5.73 Å². The molecule has 1 aromatic carbocycles. The van der Waals surface area contributed by atoms with Gasteiger partial charge in [0, 0.05) is 16.3 Å². The molecule has 0 saturated heterocycles. The Morgan fingerprint density at radius 2 is 2.00 bits per heavy atom. The average molecular weight is 318 g/mol. The van der Waals surface area contributed by atoms with Gasteiger partial charge in [-0.25, -0.2) is 0 Å². The van der Waals surface area contributed by atoms with E-state index in [0.29, 0.717) is 12.3 Å². The molecule has 0 aliphatic heterocycles. The largest absolute Gasteiger partial charge is 0.388 e. The van der Waals surface area contributed by atoms with Crippen LogP contribution in [0.3, 0.4) is 0 Å². The van der Waals surface area contributed by atoms with Gasteiger partial charge >= 0.3 is 0 Å². The summed E-state index contributed by atoms with van der Waals surface area (Å²) in [7, 11) is 0. The molecule has 1 aromatic rings. The number of hydrogen-bond acceptors (Lipinski definition) is 1. The number of benzene rings is 1. The smallest absolute Gasteiger partial charge is 0.0914 e. The Kier molecular flexibility index (Phi) is 5.02. The van der Waals surface area contributed by atoms with Crippen LogP contribution in [0.1, 0.15) is 37.7 Å². The van der Waals surface area contributed by atoms with Crippen LogP contribution in [0, 0.1) is 5.41 Å². The summed E-state index contributed by atoms with van der Waals surface area (Å²) in [5.41, 5.74) is 7.05. The molecule has 1 saturated carbocycles. The van der Waals surface area contributed by atoms with Crippen molar-refractivity contribution in [2.45, 2.75) is 37.5 Å². The Balaban J connectivity index is 0.00000144. The van der Waals surface area contributed by atoms with Gasteiger partial charge in [-0.3, -0.25) is 5.41 Å². The first-order valence-electron chi connectivity index (χ1n) is 5.71. The highest BCUT2D eigenvalue weighted by Gasteiger charge is 2.36. The summed E-state index contributed by atoms with van der Waals surface area (Å²) < 4.78 is 1.11. The topological polar surface area (TPSA) is 49.9 Å². The van der Waals surface area contributed by atoms with Crippen LogP contribution in [0.4, 0.5) is 0 Å². The van der Waals surface area contributed by atoms with E-state index in [4.69, 9.17) is 11.1 Å². The summed E-state index contributed by atoms with van der Waals surface area (Å²) in [5, 5.41) is 7.55. The van der Waals surface area contributed by atoms with E-state index in [1.807, 2.05) is 6.07 Å². The predicted molar refractivity (Wildman–Crippen MR) is 78.1 cm³/mol. The van der Waals surface area contributed by atoms with Crippen LogP contribution >= 0.6 is 28.3 Å². The summed E-state index contributed by atoms with van der Waals surface area (Å²) in [6, 6.07) is 8.45. The second-order valence-corrected chi connectivity index (χ2v) is 5.62. The molecule has 0 amide bonds. The maximum Gasteiger partial charge on any atom is 0.0914 e. The van der Waals surface area contributed by atoms with Crippen molar-refractivity contribution in [1.82, 2.24) is 0 Å². The molecule has 1 aliphatic carbocycles. The first-order chi connectivity index (χ1) is 7.62. The zero-order valence-corrected chi connectivity index (χ0v) is 12.1. The number of amidine groups is 1. The van der Waals surface area contributed by atoms with Gasteiger partial charge in [-0.2, -0.15) is 0 Å². The van der Waals surface area contributed by atoms with E-state index >= 15 is 0 Å². The standard InChI is InChI=1S/C13H17BrN2.ClH/c14-11-5-3-4-10(8-11)13(9-12(15)16)6-1-2-7-13;/h3-5,8H,1-2,6-7,9H2,(H3,15,16);1H. The Morgan fingerprint density at radius 3 is 2.53 bits per heavy atom. The molecular weight excluding hydrogens is 300 g/mol. The van der Waals surface area contributed by atoms with Crippen molar-refractivity contribution in [1.29, 1.82) is 5.41 Å². The van der Waals surface area contributed by atoms with E-state index in [1.54, 1.807) is 0 Å². The highest BCUT2D eigenvalue weighted by atomic mass is 79.9. The van der Waals surface area contributed by atoms with Gasteiger partial charge in [-0.15, -0.1) is 12.4 Å². The molecule has 94 valence electrons. The molecule has 1 aliphatic rings. The van der Waals surface area contributed by atoms with E-state index < -0.39 is 0 Å². The minimum atomic E-state index is 0. The zero-order valence-electron chi connectivity index (χ0n) is 9.71. The van der Waals surface area contributed by atoms with Crippen LogP contribution in [-0.2, 0) is 5.41 Å². The molecule has 2 rings (SSSR count). The fraction of sp³-hybridized carbons (Fsp3) is 0.462. The minimum Gasteiger partial charge on any atom is -0.388 e. The highest BCUT2D eigenvalue weighted by molar-refractivity contribution is 9.10. The Morgan fingerprint density at radius 1 is 1.35 bits per heavy atom. The molecule has 3 N–H and O–H groups in total. The quantitative estimate of drug-likeness (QED) is 0.642. The lowest BCUT2D eigenvalue weighted by molar-refractivity contribution is 0.456. The van der Waals surface area contributed by atoms with Crippen molar-refractivity contribution in [3.63, 3.8) is 0 Å². The summed E-state index contributed by atoms with van der Waals surface area (Å²) in [5.74, 6) is 0.307. The fourth-order valence-electron chi connectivity index (χ4n) is 2.80. The van der Waals surface area contributed by atoms with Gasteiger partial charge in [0.1, 0.15) is 0 Å². The van der Waals surface area contributed by atoms with Crippen LogP contribution < -0.4 is 5.73 Å². The van der Waals surface area contributed by atoms with Gasteiger partial charge in [0.15, 0.2) is 0 Å². The monoisotopic (exact) mass is 316 g/mol. The normalized spacial score (nSPS) is 17.5. The van der Waals surface area contributed by atoms with Crippen LogP contribution in [0.25, 0.3) is 0 Å². The van der Waals surface area contributed by atoms with E-state index in [2.05, 4.69) is 34.1 Å². The van der Waals surface area contributed by atoms with Crippen LogP contribution in [0.5, 0.6) is 0 Å². The fourth-order valence-corrected chi connectivity index (χ4v) is 3.20. The number of hydrogen-bond donors (Lipinski definition) is 2. The molecule has 17 heavy (non-hydrogen) atoms. The van der Waals surface area contributed by atoms with Crippen LogP contribution in [-0.4, -0.2) is 5.84 Å². The molecule has 1 fully saturated rings. The predicted octanol–water partition coefficient (Wildman–Crippen LogP) is 4.01. The summed E-state index contributed by atoms with van der Waals surface area (Å²) in [6.45, 7) is 0. The lowest BCUT2D eigenvalue weighted by Crippen LogP contribution is -2.29. The third-order valence-electron chi connectivity index (χ3n) is 3.53. The van der Waals surface area contributed by atoms with Gasteiger partial charge in [-0.1, -0.05) is 40.9 Å². The molecule has 2 nitrogen and oxygen atoms in total. The number of nitrogens with one attached hydrogen (secondary N) is 1. The Bertz CT molecular complexity index is 400. The molecule has 0 spiro atoms. The maximum atomic E-state index is 7.55. The Hall–Kier alpha value is -0.540. The molecule has 0 bridgehead atoms. The van der Waals surface area contributed by atoms with Gasteiger partial charge < -0.3 is 5.73 Å². The van der Waals surface area contributed by atoms with Crippen LogP contribution in [0.2, 0.25) is 0 Å². The van der Waals surface area contributed by atoms with E-state index in [9.17, 15) is 0 Å². The first kappa shape index (κ1) is 14.5.